The second-order valence-corrected chi connectivity index (χ2v) is 7.65. The lowest BCUT2D eigenvalue weighted by atomic mass is 9.88. The van der Waals surface area contributed by atoms with Crippen molar-refractivity contribution < 1.29 is 19.4 Å². The maximum Gasteiger partial charge on any atom is 0.261 e. The van der Waals surface area contributed by atoms with E-state index in [0.717, 1.165) is 18.8 Å². The molecule has 1 atom stereocenters. The molecule has 0 aromatic heterocycles. The molecule has 1 unspecified atom stereocenters. The van der Waals surface area contributed by atoms with E-state index in [2.05, 4.69) is 10.2 Å². The number of amides is 1. The van der Waals surface area contributed by atoms with Crippen LogP contribution in [0, 0.1) is 0 Å². The average Bonchev–Trinajstić information content (AvgIpc) is 3.04. The average molecular weight is 451 g/mol. The topological polar surface area (TPSA) is 78.9 Å². The van der Waals surface area contributed by atoms with Crippen LogP contribution in [0.4, 0.5) is 11.4 Å². The van der Waals surface area contributed by atoms with Gasteiger partial charge < -0.3 is 20.1 Å². The number of fused-ring (bicyclic) bond motifs is 1. The smallest absolute Gasteiger partial charge is 0.261 e. The first-order valence-electron chi connectivity index (χ1n) is 9.88. The van der Waals surface area contributed by atoms with Crippen LogP contribution in [0.2, 0.25) is 10.0 Å². The quantitative estimate of drug-likeness (QED) is 0.679. The normalized spacial score (nSPS) is 20.2. The number of carbonyl (C=O) groups is 2. The molecule has 1 fully saturated rings. The molecule has 1 saturated heterocycles. The van der Waals surface area contributed by atoms with E-state index in [1.165, 1.54) is 12.1 Å². The van der Waals surface area contributed by atoms with Crippen molar-refractivity contribution >= 4 is 46.3 Å². The predicted molar refractivity (Wildman–Crippen MR) is 119 cm³/mol. The number of benzene rings is 2. The van der Waals surface area contributed by atoms with Gasteiger partial charge in [-0.15, -0.1) is 0 Å². The molecule has 0 aliphatic carbocycles. The number of hydrogen-bond acceptors (Lipinski definition) is 5. The maximum atomic E-state index is 12.8. The number of Topliss-reactive ketones (excluding diaryl/α,β-unsaturated/α-hetero) is 1. The van der Waals surface area contributed by atoms with Gasteiger partial charge in [0, 0.05) is 34.9 Å². The molecule has 2 aliphatic rings. The van der Waals surface area contributed by atoms with Gasteiger partial charge in [0.15, 0.2) is 11.4 Å². The first-order valence-corrected chi connectivity index (χ1v) is 10.6. The van der Waals surface area contributed by atoms with Crippen molar-refractivity contribution in [1.29, 1.82) is 0 Å². The number of nitrogens with zero attached hydrogens (tertiary/aromatic N) is 1. The molecular weight excluding hydrogens is 427 g/mol. The lowest BCUT2D eigenvalue weighted by molar-refractivity contribution is -0.133. The summed E-state index contributed by atoms with van der Waals surface area (Å²) in [5.41, 5.74) is -0.263. The van der Waals surface area contributed by atoms with E-state index in [-0.39, 0.29) is 27.1 Å². The van der Waals surface area contributed by atoms with Crippen molar-refractivity contribution in [2.45, 2.75) is 25.9 Å². The molecular formula is C22H24Cl2N2O4. The predicted octanol–water partition coefficient (Wildman–Crippen LogP) is 4.27. The van der Waals surface area contributed by atoms with Crippen molar-refractivity contribution in [3.8, 4) is 0 Å². The van der Waals surface area contributed by atoms with E-state index < -0.39 is 17.9 Å². The van der Waals surface area contributed by atoms with Gasteiger partial charge in [0.1, 0.15) is 0 Å². The second-order valence-electron chi connectivity index (χ2n) is 6.84. The fraction of sp³-hybridized carbons (Fsp3) is 0.364. The summed E-state index contributed by atoms with van der Waals surface area (Å²) in [4.78, 5) is 27.4. The molecule has 8 heteroatoms. The summed E-state index contributed by atoms with van der Waals surface area (Å²) >= 11 is 12.3. The van der Waals surface area contributed by atoms with Gasteiger partial charge >= 0.3 is 0 Å². The molecule has 0 saturated carbocycles. The van der Waals surface area contributed by atoms with Gasteiger partial charge in [0.2, 0.25) is 0 Å². The highest BCUT2D eigenvalue weighted by molar-refractivity contribution is 6.38. The Kier molecular flexibility index (Phi) is 7.03. The van der Waals surface area contributed by atoms with Crippen LogP contribution in [-0.2, 0) is 15.1 Å². The molecule has 0 radical (unpaired) electrons. The summed E-state index contributed by atoms with van der Waals surface area (Å²) in [5.74, 6) is -1.08. The Balaban J connectivity index is 0.00000124. The summed E-state index contributed by atoms with van der Waals surface area (Å²) in [6.45, 7) is 6.93. The summed E-state index contributed by atoms with van der Waals surface area (Å²) in [7, 11) is 0. The Hall–Kier alpha value is -2.12. The Labute approximate surface area is 185 Å². The molecule has 4 rings (SSSR count). The largest absolute Gasteiger partial charge is 0.378 e. The molecule has 2 aliphatic heterocycles. The molecule has 6 nitrogen and oxygen atoms in total. The van der Waals surface area contributed by atoms with Crippen molar-refractivity contribution in [3.63, 3.8) is 0 Å². The molecule has 2 aromatic carbocycles. The third kappa shape index (κ3) is 4.18. The Morgan fingerprint density at radius 1 is 1.10 bits per heavy atom. The number of rotatable bonds is 4. The molecule has 2 aromatic rings. The lowest BCUT2D eigenvalue weighted by Crippen LogP contribution is -2.37. The number of hydrogen-bond donors (Lipinski definition) is 2. The fourth-order valence-corrected chi connectivity index (χ4v) is 4.11. The lowest BCUT2D eigenvalue weighted by Gasteiger charge is -2.29. The third-order valence-corrected chi connectivity index (χ3v) is 5.74. The number of nitrogens with one attached hydrogen (secondary N) is 1. The molecule has 1 amide bonds. The van der Waals surface area contributed by atoms with E-state index in [9.17, 15) is 14.7 Å². The van der Waals surface area contributed by atoms with Gasteiger partial charge in [0.25, 0.3) is 5.91 Å². The fourth-order valence-electron chi connectivity index (χ4n) is 3.59. The van der Waals surface area contributed by atoms with E-state index >= 15 is 0 Å². The molecule has 2 heterocycles. The molecule has 160 valence electrons. The van der Waals surface area contributed by atoms with Crippen molar-refractivity contribution in [2.75, 3.05) is 36.5 Å². The van der Waals surface area contributed by atoms with Crippen LogP contribution in [0.1, 0.15) is 36.2 Å². The number of anilines is 2. The minimum Gasteiger partial charge on any atom is -0.378 e. The van der Waals surface area contributed by atoms with Gasteiger partial charge in [0.05, 0.1) is 30.3 Å². The van der Waals surface area contributed by atoms with Gasteiger partial charge in [-0.25, -0.2) is 0 Å². The number of halogens is 2. The third-order valence-electron chi connectivity index (χ3n) is 5.11. The first-order chi connectivity index (χ1) is 14.4. The van der Waals surface area contributed by atoms with Gasteiger partial charge in [-0.1, -0.05) is 37.0 Å². The standard InChI is InChI=1S/C20H18Cl2N2O4.C2H6/c21-14-5-6-15(22)18-17(14)20(27,19(26)23-18)11-16(25)12-1-3-13(4-2-12)24-7-9-28-10-8-24;1-2/h1-6,27H,7-11H2,(H,23,26);1-2H3. The van der Waals surface area contributed by atoms with Crippen LogP contribution in [-0.4, -0.2) is 43.1 Å². The van der Waals surface area contributed by atoms with Crippen molar-refractivity contribution in [1.82, 2.24) is 0 Å². The van der Waals surface area contributed by atoms with Gasteiger partial charge in [-0.2, -0.15) is 0 Å². The zero-order valence-electron chi connectivity index (χ0n) is 16.9. The molecule has 30 heavy (non-hydrogen) atoms. The SMILES string of the molecule is CC.O=C(CC1(O)C(=O)Nc2c(Cl)ccc(Cl)c21)c1ccc(N2CCOCC2)cc1. The summed E-state index contributed by atoms with van der Waals surface area (Å²) in [5, 5.41) is 14.0. The minimum atomic E-state index is -2.06. The highest BCUT2D eigenvalue weighted by atomic mass is 35.5. The number of ketones is 1. The maximum absolute atomic E-state index is 12.8. The first kappa shape index (κ1) is 22.6. The van der Waals surface area contributed by atoms with Gasteiger partial charge in [-0.05, 0) is 36.4 Å². The van der Waals surface area contributed by atoms with E-state index in [1.54, 1.807) is 12.1 Å². The van der Waals surface area contributed by atoms with E-state index in [0.29, 0.717) is 18.8 Å². The Morgan fingerprint density at radius 2 is 1.70 bits per heavy atom. The van der Waals surface area contributed by atoms with Crippen LogP contribution >= 0.6 is 23.2 Å². The molecule has 2 N–H and O–H groups in total. The number of aliphatic hydroxyl groups is 1. The molecule has 0 bridgehead atoms. The van der Waals surface area contributed by atoms with Crippen LogP contribution in [0.25, 0.3) is 0 Å². The van der Waals surface area contributed by atoms with E-state index in [4.69, 9.17) is 27.9 Å². The summed E-state index contributed by atoms with van der Waals surface area (Å²) < 4.78 is 5.34. The molecule has 0 spiro atoms. The van der Waals surface area contributed by atoms with Crippen LogP contribution in [0.15, 0.2) is 36.4 Å². The zero-order valence-corrected chi connectivity index (χ0v) is 18.4. The Bertz CT molecular complexity index is 943. The second kappa shape index (κ2) is 9.35. The van der Waals surface area contributed by atoms with Crippen LogP contribution in [0.3, 0.4) is 0 Å². The Morgan fingerprint density at radius 3 is 2.33 bits per heavy atom. The van der Waals surface area contributed by atoms with E-state index in [1.807, 2.05) is 26.0 Å². The van der Waals surface area contributed by atoms with Crippen molar-refractivity contribution in [2.24, 2.45) is 0 Å². The number of carbonyl (C=O) groups excluding carboxylic acids is 2. The van der Waals surface area contributed by atoms with Crippen LogP contribution < -0.4 is 10.2 Å². The number of morpholine rings is 1. The monoisotopic (exact) mass is 450 g/mol. The van der Waals surface area contributed by atoms with Crippen LogP contribution in [0.5, 0.6) is 0 Å². The summed E-state index contributed by atoms with van der Waals surface area (Å²) in [6.07, 6.45) is -0.428. The van der Waals surface area contributed by atoms with Gasteiger partial charge in [-0.3, -0.25) is 9.59 Å². The highest BCUT2D eigenvalue weighted by Gasteiger charge is 2.49. The highest BCUT2D eigenvalue weighted by Crippen LogP contribution is 2.46. The zero-order chi connectivity index (χ0) is 21.9. The minimum absolute atomic E-state index is 0.143. The summed E-state index contributed by atoms with van der Waals surface area (Å²) in [6, 6.07) is 10.1. The number of ether oxygens (including phenoxy) is 1. The van der Waals surface area contributed by atoms with Crippen molar-refractivity contribution in [3.05, 3.63) is 57.6 Å².